The van der Waals surface area contributed by atoms with E-state index in [0.29, 0.717) is 0 Å². The van der Waals surface area contributed by atoms with Gasteiger partial charge in [-0.15, -0.1) is 6.42 Å². The molecule has 0 aliphatic carbocycles. The van der Waals surface area contributed by atoms with Crippen molar-refractivity contribution in [2.75, 3.05) is 44.9 Å². The van der Waals surface area contributed by atoms with Gasteiger partial charge in [0.05, 0.1) is 11.4 Å². The van der Waals surface area contributed by atoms with E-state index >= 15 is 0 Å². The number of hydrogen-bond donors (Lipinski definition) is 2. The standard InChI is InChI=1S/C14H21N3/c1-5-12-7-8-13(14(11-12)15-2)16-9-6-10-17(3)4/h1,7-8,11,15-16H,6,9-10H2,2-4H3. The molecule has 1 aromatic carbocycles. The Morgan fingerprint density at radius 2 is 2.06 bits per heavy atom. The smallest absolute Gasteiger partial charge is 0.0585 e. The highest BCUT2D eigenvalue weighted by Crippen LogP contribution is 2.22. The Hall–Kier alpha value is -1.66. The Kier molecular flexibility index (Phi) is 5.38. The van der Waals surface area contributed by atoms with Gasteiger partial charge < -0.3 is 15.5 Å². The first-order valence-electron chi connectivity index (χ1n) is 5.84. The molecule has 2 N–H and O–H groups in total. The highest BCUT2D eigenvalue weighted by Gasteiger charge is 2.01. The largest absolute Gasteiger partial charge is 0.386 e. The summed E-state index contributed by atoms with van der Waals surface area (Å²) in [6.45, 7) is 2.05. The lowest BCUT2D eigenvalue weighted by molar-refractivity contribution is 0.405. The maximum absolute atomic E-state index is 5.37. The fourth-order valence-corrected chi connectivity index (χ4v) is 1.61. The molecule has 0 unspecified atom stereocenters. The molecule has 17 heavy (non-hydrogen) atoms. The summed E-state index contributed by atoms with van der Waals surface area (Å²) < 4.78 is 0. The zero-order valence-electron chi connectivity index (χ0n) is 10.9. The van der Waals surface area contributed by atoms with Crippen LogP contribution in [0.1, 0.15) is 12.0 Å². The van der Waals surface area contributed by atoms with Crippen LogP contribution in [0.4, 0.5) is 11.4 Å². The Bertz CT molecular complexity index is 391. The van der Waals surface area contributed by atoms with E-state index in [2.05, 4.69) is 35.5 Å². The van der Waals surface area contributed by atoms with Crippen LogP contribution in [0.25, 0.3) is 0 Å². The first-order chi connectivity index (χ1) is 8.17. The summed E-state index contributed by atoms with van der Waals surface area (Å²) in [4.78, 5) is 2.18. The highest BCUT2D eigenvalue weighted by molar-refractivity contribution is 5.70. The number of anilines is 2. The lowest BCUT2D eigenvalue weighted by Crippen LogP contribution is -2.16. The highest BCUT2D eigenvalue weighted by atomic mass is 15.1. The molecule has 0 aliphatic heterocycles. The van der Waals surface area contributed by atoms with Gasteiger partial charge in [-0.05, 0) is 45.3 Å². The molecular weight excluding hydrogens is 210 g/mol. The Labute approximate surface area is 104 Å². The zero-order chi connectivity index (χ0) is 12.7. The average molecular weight is 231 g/mol. The number of nitrogens with one attached hydrogen (secondary N) is 2. The molecule has 0 spiro atoms. The molecular formula is C14H21N3. The first kappa shape index (κ1) is 13.4. The van der Waals surface area contributed by atoms with Crippen LogP contribution >= 0.6 is 0 Å². The number of rotatable bonds is 6. The predicted molar refractivity (Wildman–Crippen MR) is 75.6 cm³/mol. The second kappa shape index (κ2) is 6.82. The Balaban J connectivity index is 2.56. The summed E-state index contributed by atoms with van der Waals surface area (Å²) in [5, 5.41) is 6.56. The predicted octanol–water partition coefficient (Wildman–Crippen LogP) is 2.07. The van der Waals surface area contributed by atoms with Gasteiger partial charge in [-0.2, -0.15) is 0 Å². The molecule has 0 fully saturated rings. The molecule has 0 heterocycles. The van der Waals surface area contributed by atoms with Gasteiger partial charge in [0.15, 0.2) is 0 Å². The van der Waals surface area contributed by atoms with Gasteiger partial charge in [0.1, 0.15) is 0 Å². The van der Waals surface area contributed by atoms with Crippen LogP contribution < -0.4 is 10.6 Å². The second-order valence-electron chi connectivity index (χ2n) is 4.24. The molecule has 92 valence electrons. The maximum Gasteiger partial charge on any atom is 0.0585 e. The molecule has 3 nitrogen and oxygen atoms in total. The van der Waals surface area contributed by atoms with E-state index in [1.807, 2.05) is 25.2 Å². The molecule has 3 heteroatoms. The van der Waals surface area contributed by atoms with Gasteiger partial charge in [-0.25, -0.2) is 0 Å². The van der Waals surface area contributed by atoms with Crippen LogP contribution in [0.5, 0.6) is 0 Å². The molecule has 0 amide bonds. The van der Waals surface area contributed by atoms with Crippen LogP contribution in [-0.2, 0) is 0 Å². The summed E-state index contributed by atoms with van der Waals surface area (Å²) >= 11 is 0. The molecule has 0 bridgehead atoms. The topological polar surface area (TPSA) is 27.3 Å². The van der Waals surface area contributed by atoms with Crippen LogP contribution in [0.3, 0.4) is 0 Å². The van der Waals surface area contributed by atoms with E-state index in [1.165, 1.54) is 0 Å². The third-order valence-electron chi connectivity index (χ3n) is 2.55. The van der Waals surface area contributed by atoms with Crippen molar-refractivity contribution in [2.24, 2.45) is 0 Å². The summed E-state index contributed by atoms with van der Waals surface area (Å²) in [7, 11) is 6.07. The number of terminal acetylenes is 1. The monoisotopic (exact) mass is 231 g/mol. The minimum Gasteiger partial charge on any atom is -0.386 e. The van der Waals surface area contributed by atoms with E-state index in [1.54, 1.807) is 0 Å². The van der Waals surface area contributed by atoms with E-state index < -0.39 is 0 Å². The third-order valence-corrected chi connectivity index (χ3v) is 2.55. The van der Waals surface area contributed by atoms with Crippen molar-refractivity contribution in [1.82, 2.24) is 4.90 Å². The number of nitrogens with zero attached hydrogens (tertiary/aromatic N) is 1. The molecule has 0 saturated heterocycles. The molecule has 0 saturated carbocycles. The molecule has 1 aromatic rings. The number of hydrogen-bond acceptors (Lipinski definition) is 3. The fourth-order valence-electron chi connectivity index (χ4n) is 1.61. The number of benzene rings is 1. The van der Waals surface area contributed by atoms with Crippen LogP contribution in [0.15, 0.2) is 18.2 Å². The minimum absolute atomic E-state index is 0.896. The van der Waals surface area contributed by atoms with Crippen molar-refractivity contribution in [2.45, 2.75) is 6.42 Å². The quantitative estimate of drug-likeness (QED) is 0.580. The van der Waals surface area contributed by atoms with Gasteiger partial charge >= 0.3 is 0 Å². The van der Waals surface area contributed by atoms with Crippen LogP contribution in [0.2, 0.25) is 0 Å². The van der Waals surface area contributed by atoms with Crippen LogP contribution in [-0.4, -0.2) is 39.1 Å². The van der Waals surface area contributed by atoms with Gasteiger partial charge in [0.25, 0.3) is 0 Å². The maximum atomic E-state index is 5.37. The van der Waals surface area contributed by atoms with Crippen molar-refractivity contribution in [3.8, 4) is 12.3 Å². The van der Waals surface area contributed by atoms with E-state index in [0.717, 1.165) is 36.4 Å². The molecule has 0 aliphatic rings. The van der Waals surface area contributed by atoms with Gasteiger partial charge in [0, 0.05) is 19.2 Å². The summed E-state index contributed by atoms with van der Waals surface area (Å²) in [5.74, 6) is 2.64. The average Bonchev–Trinajstić information content (AvgIpc) is 2.34. The second-order valence-corrected chi connectivity index (χ2v) is 4.24. The molecule has 0 atom stereocenters. The van der Waals surface area contributed by atoms with Crippen molar-refractivity contribution >= 4 is 11.4 Å². The fraction of sp³-hybridized carbons (Fsp3) is 0.429. The normalized spacial score (nSPS) is 10.1. The van der Waals surface area contributed by atoms with Gasteiger partial charge in [0.2, 0.25) is 0 Å². The zero-order valence-corrected chi connectivity index (χ0v) is 10.9. The molecule has 1 rings (SSSR count). The Morgan fingerprint density at radius 1 is 1.29 bits per heavy atom. The van der Waals surface area contributed by atoms with E-state index in [9.17, 15) is 0 Å². The minimum atomic E-state index is 0.896. The van der Waals surface area contributed by atoms with E-state index in [-0.39, 0.29) is 0 Å². The van der Waals surface area contributed by atoms with Crippen LogP contribution in [0, 0.1) is 12.3 Å². The Morgan fingerprint density at radius 3 is 2.65 bits per heavy atom. The molecule has 0 aromatic heterocycles. The van der Waals surface area contributed by atoms with Crippen molar-refractivity contribution in [3.05, 3.63) is 23.8 Å². The van der Waals surface area contributed by atoms with Crippen molar-refractivity contribution in [3.63, 3.8) is 0 Å². The lowest BCUT2D eigenvalue weighted by Gasteiger charge is -2.13. The van der Waals surface area contributed by atoms with Gasteiger partial charge in [-0.3, -0.25) is 0 Å². The SMILES string of the molecule is C#Cc1ccc(NCCCN(C)C)c(NC)c1. The van der Waals surface area contributed by atoms with Crippen molar-refractivity contribution in [1.29, 1.82) is 0 Å². The third kappa shape index (κ3) is 4.38. The molecule has 0 radical (unpaired) electrons. The summed E-state index contributed by atoms with van der Waals surface area (Å²) in [5.41, 5.74) is 3.05. The summed E-state index contributed by atoms with van der Waals surface area (Å²) in [6.07, 6.45) is 6.49. The van der Waals surface area contributed by atoms with E-state index in [4.69, 9.17) is 6.42 Å². The summed E-state index contributed by atoms with van der Waals surface area (Å²) in [6, 6.07) is 5.96. The lowest BCUT2D eigenvalue weighted by atomic mass is 10.1. The first-order valence-corrected chi connectivity index (χ1v) is 5.84. The van der Waals surface area contributed by atoms with Crippen molar-refractivity contribution < 1.29 is 0 Å². The van der Waals surface area contributed by atoms with Gasteiger partial charge in [-0.1, -0.05) is 5.92 Å².